The van der Waals surface area contributed by atoms with Crippen LogP contribution in [0.1, 0.15) is 5.76 Å². The number of halogens is 1. The third kappa shape index (κ3) is 2.77. The summed E-state index contributed by atoms with van der Waals surface area (Å²) in [6.07, 6.45) is 0. The summed E-state index contributed by atoms with van der Waals surface area (Å²) in [6, 6.07) is 2.17. The van der Waals surface area contributed by atoms with Gasteiger partial charge in [0.15, 0.2) is 0 Å². The first-order chi connectivity index (χ1) is 9.79. The number of rotatable bonds is 2. The van der Waals surface area contributed by atoms with Crippen LogP contribution in [0.3, 0.4) is 0 Å². The Morgan fingerprint density at radius 2 is 1.67 bits per heavy atom. The van der Waals surface area contributed by atoms with Gasteiger partial charge in [-0.05, 0) is 22.0 Å². The third-order valence-corrected chi connectivity index (χ3v) is 5.70. The molecule has 0 aliphatic heterocycles. The largest absolute Gasteiger partial charge is 0.456 e. The Hall–Kier alpha value is -0.825. The number of hydrogen-bond acceptors (Lipinski definition) is 1. The number of benzene rings is 1. The zero-order valence-corrected chi connectivity index (χ0v) is 15.5. The summed E-state index contributed by atoms with van der Waals surface area (Å²) < 4.78 is 7.23. The first-order valence-corrected chi connectivity index (χ1v) is 8.08. The van der Waals surface area contributed by atoms with Gasteiger partial charge < -0.3 is 4.42 Å². The average molecular weight is 332 g/mol. The Labute approximate surface area is 141 Å². The second kappa shape index (κ2) is 6.12. The SMILES string of the molecule is B/C=C(B)/C(B)=C(/B)c1cc2c(B)c(B)c(B)c(Br)c2o1. The van der Waals surface area contributed by atoms with Gasteiger partial charge in [0.1, 0.15) is 66.3 Å². The Balaban J connectivity index is 2.76. The van der Waals surface area contributed by atoms with Gasteiger partial charge in [0, 0.05) is 5.39 Å². The van der Waals surface area contributed by atoms with Crippen LogP contribution in [0.2, 0.25) is 0 Å². The van der Waals surface area contributed by atoms with Crippen molar-refractivity contribution >= 4 is 104 Å². The lowest BCUT2D eigenvalue weighted by molar-refractivity contribution is 0.601. The number of fused-ring (bicyclic) bond motifs is 1. The Bertz CT molecular complexity index is 746. The maximum atomic E-state index is 6.16. The molecule has 2 rings (SSSR count). The molecule has 0 unspecified atom stereocenters. The van der Waals surface area contributed by atoms with Crippen molar-refractivity contribution in [3.8, 4) is 0 Å². The van der Waals surface area contributed by atoms with E-state index in [9.17, 15) is 0 Å². The highest BCUT2D eigenvalue weighted by atomic mass is 79.9. The van der Waals surface area contributed by atoms with E-state index in [1.165, 1.54) is 38.2 Å². The fraction of sp³-hybridized carbons (Fsp3) is 0. The molecule has 0 bridgehead atoms. The molecule has 1 aromatic carbocycles. The molecule has 21 heavy (non-hydrogen) atoms. The van der Waals surface area contributed by atoms with Gasteiger partial charge >= 0.3 is 0 Å². The fourth-order valence-corrected chi connectivity index (χ4v) is 3.12. The highest BCUT2D eigenvalue weighted by Gasteiger charge is 2.15. The molecule has 0 aliphatic carbocycles. The van der Waals surface area contributed by atoms with Crippen molar-refractivity contribution in [2.75, 3.05) is 0 Å². The Kier molecular flexibility index (Phi) is 4.82. The predicted molar refractivity (Wildman–Crippen MR) is 118 cm³/mol. The van der Waals surface area contributed by atoms with Gasteiger partial charge in [0.2, 0.25) is 0 Å². The second-order valence-electron chi connectivity index (χ2n) is 5.76. The molecule has 9 heteroatoms. The van der Waals surface area contributed by atoms with Gasteiger partial charge in [0.05, 0.1) is 4.47 Å². The topological polar surface area (TPSA) is 13.1 Å². The molecule has 0 N–H and O–H groups in total. The summed E-state index contributed by atoms with van der Waals surface area (Å²) in [5.41, 5.74) is 8.59. The molecular formula is C12H16B7BrO. The van der Waals surface area contributed by atoms with Crippen LogP contribution in [0.15, 0.2) is 31.9 Å². The third-order valence-electron chi connectivity index (χ3n) is 4.75. The molecule has 2 aromatic rings. The number of furan rings is 1. The average Bonchev–Trinajstić information content (AvgIpc) is 2.93. The van der Waals surface area contributed by atoms with E-state index < -0.39 is 0 Å². The lowest BCUT2D eigenvalue weighted by atomic mass is 9.68. The maximum Gasteiger partial charge on any atom is 0.147 e. The number of allylic oxidation sites excluding steroid dienone is 2. The van der Waals surface area contributed by atoms with E-state index in [0.717, 1.165) is 15.8 Å². The molecule has 0 aliphatic rings. The molecule has 1 aromatic heterocycles. The van der Waals surface area contributed by atoms with E-state index in [4.69, 9.17) is 4.42 Å². The summed E-state index contributed by atoms with van der Waals surface area (Å²) in [7, 11) is 14.9. The fourth-order valence-electron chi connectivity index (χ4n) is 2.53. The maximum absolute atomic E-state index is 6.16. The summed E-state index contributed by atoms with van der Waals surface area (Å²) in [5.74, 6) is 3.09. The molecule has 0 radical (unpaired) electrons. The van der Waals surface area contributed by atoms with Gasteiger partial charge in [-0.3, -0.25) is 0 Å². The molecule has 0 atom stereocenters. The van der Waals surface area contributed by atoms with E-state index >= 15 is 0 Å². The van der Waals surface area contributed by atoms with Crippen molar-refractivity contribution in [1.82, 2.24) is 0 Å². The Morgan fingerprint density at radius 3 is 2.24 bits per heavy atom. The van der Waals surface area contributed by atoms with E-state index in [2.05, 4.69) is 82.9 Å². The van der Waals surface area contributed by atoms with Crippen molar-refractivity contribution in [3.05, 3.63) is 33.2 Å². The summed E-state index contributed by atoms with van der Waals surface area (Å²) in [5, 5.41) is 1.20. The van der Waals surface area contributed by atoms with Crippen LogP contribution in [0.4, 0.5) is 0 Å². The van der Waals surface area contributed by atoms with Gasteiger partial charge in [-0.15, -0.1) is 11.4 Å². The van der Waals surface area contributed by atoms with Crippen LogP contribution >= 0.6 is 15.9 Å². The van der Waals surface area contributed by atoms with Crippen molar-refractivity contribution in [3.63, 3.8) is 0 Å². The normalized spacial score (nSPS) is 13.5. The van der Waals surface area contributed by atoms with E-state index in [1.54, 1.807) is 0 Å². The molecule has 0 saturated heterocycles. The van der Waals surface area contributed by atoms with Crippen LogP contribution in [-0.4, -0.2) is 54.9 Å². The van der Waals surface area contributed by atoms with Gasteiger partial charge in [-0.2, -0.15) is 0 Å². The van der Waals surface area contributed by atoms with E-state index in [0.29, 0.717) is 0 Å². The van der Waals surface area contributed by atoms with Crippen LogP contribution in [0.25, 0.3) is 16.4 Å². The molecular weight excluding hydrogens is 316 g/mol. The van der Waals surface area contributed by atoms with Gasteiger partial charge in [-0.25, -0.2) is 0 Å². The molecule has 1 heterocycles. The minimum absolute atomic E-state index is 0.955. The first-order valence-electron chi connectivity index (χ1n) is 7.29. The van der Waals surface area contributed by atoms with Crippen molar-refractivity contribution < 1.29 is 4.42 Å². The van der Waals surface area contributed by atoms with E-state index in [-0.39, 0.29) is 0 Å². The van der Waals surface area contributed by atoms with Crippen LogP contribution in [-0.2, 0) is 0 Å². The van der Waals surface area contributed by atoms with Crippen molar-refractivity contribution in [2.45, 2.75) is 0 Å². The summed E-state index contributed by atoms with van der Waals surface area (Å²) >= 11 is 3.69. The minimum atomic E-state index is 0.955. The standard InChI is InChI=1S/C12H16B7BrO/c13-2-4(14)7(16)8(17)5-1-3-6(15)9(18)10(19)11(20)12(3)21-5/h1-2H,13-19H2/b4-2-,8-7-. The quantitative estimate of drug-likeness (QED) is 0.397. The summed E-state index contributed by atoms with van der Waals surface area (Å²) in [4.78, 5) is 0. The lowest BCUT2D eigenvalue weighted by Crippen LogP contribution is -2.39. The van der Waals surface area contributed by atoms with Crippen LogP contribution < -0.4 is 16.4 Å². The molecule has 0 saturated carbocycles. The van der Waals surface area contributed by atoms with Crippen LogP contribution in [0.5, 0.6) is 0 Å². The zero-order valence-electron chi connectivity index (χ0n) is 13.9. The highest BCUT2D eigenvalue weighted by Crippen LogP contribution is 2.28. The number of hydrogen-bond donors (Lipinski definition) is 0. The monoisotopic (exact) mass is 332 g/mol. The molecule has 0 fully saturated rings. The van der Waals surface area contributed by atoms with Crippen molar-refractivity contribution in [1.29, 1.82) is 0 Å². The molecule has 98 valence electrons. The minimum Gasteiger partial charge on any atom is -0.456 e. The Morgan fingerprint density at radius 1 is 1.05 bits per heavy atom. The van der Waals surface area contributed by atoms with Crippen molar-refractivity contribution in [2.24, 2.45) is 0 Å². The zero-order chi connectivity index (χ0) is 15.9. The smallest absolute Gasteiger partial charge is 0.147 e. The lowest BCUT2D eigenvalue weighted by Gasteiger charge is -2.08. The predicted octanol–water partition coefficient (Wildman–Crippen LogP) is -4.99. The molecule has 1 nitrogen and oxygen atoms in total. The first kappa shape index (κ1) is 16.5. The molecule has 0 spiro atoms. The van der Waals surface area contributed by atoms with Gasteiger partial charge in [0.25, 0.3) is 0 Å². The summed E-state index contributed by atoms with van der Waals surface area (Å²) in [6.45, 7) is 0. The van der Waals surface area contributed by atoms with E-state index in [1.807, 2.05) is 0 Å². The highest BCUT2D eigenvalue weighted by molar-refractivity contribution is 9.10. The van der Waals surface area contributed by atoms with Crippen LogP contribution in [0, 0.1) is 0 Å². The van der Waals surface area contributed by atoms with Gasteiger partial charge in [-0.1, -0.05) is 27.3 Å². The molecule has 0 amide bonds. The second-order valence-corrected chi connectivity index (χ2v) is 6.56.